The number of nitrogens with one attached hydrogen (secondary N) is 1. The van der Waals surface area contributed by atoms with Gasteiger partial charge in [0.2, 0.25) is 11.0 Å². The van der Waals surface area contributed by atoms with Gasteiger partial charge in [0.15, 0.2) is 0 Å². The minimum Gasteiger partial charge on any atom is -0.325 e. The van der Waals surface area contributed by atoms with Gasteiger partial charge in [-0.15, -0.1) is 0 Å². The van der Waals surface area contributed by atoms with E-state index in [-0.39, 0.29) is 11.0 Å². The third-order valence-electron chi connectivity index (χ3n) is 3.13. The van der Waals surface area contributed by atoms with Gasteiger partial charge in [0.25, 0.3) is 0 Å². The summed E-state index contributed by atoms with van der Waals surface area (Å²) >= 11 is 12.8. The van der Waals surface area contributed by atoms with Crippen molar-refractivity contribution in [2.45, 2.75) is 10.8 Å². The van der Waals surface area contributed by atoms with Crippen molar-refractivity contribution in [3.8, 4) is 0 Å². The fourth-order valence-electron chi connectivity index (χ4n) is 2.14. The van der Waals surface area contributed by atoms with Gasteiger partial charge < -0.3 is 5.32 Å². The largest absolute Gasteiger partial charge is 0.325 e. The van der Waals surface area contributed by atoms with Gasteiger partial charge in [0.05, 0.1) is 10.0 Å². The molecule has 0 fully saturated rings. The quantitative estimate of drug-likeness (QED) is 0.828. The lowest BCUT2D eigenvalue weighted by Gasteiger charge is -2.11. The lowest BCUT2D eigenvalue weighted by Crippen LogP contribution is -2.23. The van der Waals surface area contributed by atoms with E-state index in [1.807, 2.05) is 18.2 Å². The maximum Gasteiger partial charge on any atom is 0.240 e. The topological polar surface area (TPSA) is 46.2 Å². The molecule has 1 unspecified atom stereocenters. The Labute approximate surface area is 135 Å². The van der Waals surface area contributed by atoms with Crippen LogP contribution in [-0.2, 0) is 9.59 Å². The average Bonchev–Trinajstić information content (AvgIpc) is 2.78. The van der Waals surface area contributed by atoms with Gasteiger partial charge in [0, 0.05) is 10.6 Å². The Hall–Kier alpha value is -1.49. The van der Waals surface area contributed by atoms with Gasteiger partial charge in [0.1, 0.15) is 5.92 Å². The van der Waals surface area contributed by atoms with Crippen molar-refractivity contribution in [1.82, 2.24) is 0 Å². The molecule has 0 spiro atoms. The third-order valence-corrected chi connectivity index (χ3v) is 4.89. The molecule has 0 radical (unpaired) electrons. The monoisotopic (exact) mass is 337 g/mol. The molecule has 1 heterocycles. The fourth-order valence-corrected chi connectivity index (χ4v) is 3.46. The molecule has 0 aromatic heterocycles. The minimum absolute atomic E-state index is 0.172. The van der Waals surface area contributed by atoms with Crippen LogP contribution in [0.2, 0.25) is 10.0 Å². The second-order valence-corrected chi connectivity index (χ2v) is 6.37. The molecule has 0 saturated carbocycles. The summed E-state index contributed by atoms with van der Waals surface area (Å²) in [7, 11) is 0. The highest BCUT2D eigenvalue weighted by Crippen LogP contribution is 2.41. The number of carbonyl (C=O) groups is 2. The summed E-state index contributed by atoms with van der Waals surface area (Å²) in [4.78, 5) is 25.2. The van der Waals surface area contributed by atoms with E-state index in [1.165, 1.54) is 0 Å². The first-order valence-corrected chi connectivity index (χ1v) is 7.70. The predicted octanol–water partition coefficient (Wildman–Crippen LogP) is 4.35. The zero-order chi connectivity index (χ0) is 15.0. The van der Waals surface area contributed by atoms with Gasteiger partial charge in [-0.05, 0) is 29.8 Å². The molecule has 6 heteroatoms. The van der Waals surface area contributed by atoms with Crippen molar-refractivity contribution in [2.24, 2.45) is 0 Å². The van der Waals surface area contributed by atoms with Gasteiger partial charge in [-0.2, -0.15) is 0 Å². The number of hydrogen-bond donors (Lipinski definition) is 1. The van der Waals surface area contributed by atoms with E-state index >= 15 is 0 Å². The molecule has 0 bridgehead atoms. The molecule has 106 valence electrons. The van der Waals surface area contributed by atoms with Crippen molar-refractivity contribution in [2.75, 3.05) is 5.32 Å². The van der Waals surface area contributed by atoms with Crippen LogP contribution in [0.4, 0.5) is 5.69 Å². The highest BCUT2D eigenvalue weighted by Gasteiger charge is 2.37. The lowest BCUT2D eigenvalue weighted by atomic mass is 10.00. The van der Waals surface area contributed by atoms with Crippen LogP contribution in [0.5, 0.6) is 0 Å². The summed E-state index contributed by atoms with van der Waals surface area (Å²) in [6.07, 6.45) is 0. The Morgan fingerprint density at radius 2 is 1.86 bits per heavy atom. The maximum atomic E-state index is 12.4. The number of anilines is 1. The molecule has 0 aliphatic carbocycles. The molecule has 3 rings (SSSR count). The Kier molecular flexibility index (Phi) is 3.93. The molecule has 2 aromatic carbocycles. The van der Waals surface area contributed by atoms with Crippen LogP contribution in [0.3, 0.4) is 0 Å². The van der Waals surface area contributed by atoms with E-state index < -0.39 is 5.92 Å². The van der Waals surface area contributed by atoms with Crippen molar-refractivity contribution in [3.63, 3.8) is 0 Å². The summed E-state index contributed by atoms with van der Waals surface area (Å²) < 4.78 is 0. The van der Waals surface area contributed by atoms with E-state index in [9.17, 15) is 9.59 Å². The standard InChI is InChI=1S/C15H9Cl2NO2S/c16-10-6-5-8(7-11(10)17)18-14(19)13-9-3-1-2-4-12(9)21-15(13)20/h1-7,13H,(H,18,19). The number of thioether (sulfide) groups is 1. The Morgan fingerprint density at radius 1 is 1.10 bits per heavy atom. The molecule has 0 saturated heterocycles. The number of carbonyl (C=O) groups excluding carboxylic acids is 2. The summed E-state index contributed by atoms with van der Waals surface area (Å²) in [5, 5.41) is 3.29. The molecule has 1 aliphatic heterocycles. The second kappa shape index (κ2) is 5.72. The van der Waals surface area contributed by atoms with Crippen LogP contribution in [-0.4, -0.2) is 11.0 Å². The highest BCUT2D eigenvalue weighted by atomic mass is 35.5. The summed E-state index contributed by atoms with van der Waals surface area (Å²) in [6.45, 7) is 0. The zero-order valence-corrected chi connectivity index (χ0v) is 12.9. The maximum absolute atomic E-state index is 12.4. The second-order valence-electron chi connectivity index (χ2n) is 4.51. The lowest BCUT2D eigenvalue weighted by molar-refractivity contribution is -0.123. The van der Waals surface area contributed by atoms with Crippen LogP contribution >= 0.6 is 35.0 Å². The molecule has 21 heavy (non-hydrogen) atoms. The highest BCUT2D eigenvalue weighted by molar-refractivity contribution is 8.14. The Bertz CT molecular complexity index is 748. The van der Waals surface area contributed by atoms with Crippen molar-refractivity contribution in [3.05, 3.63) is 58.1 Å². The number of rotatable bonds is 2. The van der Waals surface area contributed by atoms with Crippen LogP contribution in [0, 0.1) is 0 Å². The average molecular weight is 338 g/mol. The molecular formula is C15H9Cl2NO2S. The molecule has 3 nitrogen and oxygen atoms in total. The van der Waals surface area contributed by atoms with Gasteiger partial charge in [-0.1, -0.05) is 53.2 Å². The minimum atomic E-state index is -0.791. The number of halogens is 2. The number of amides is 1. The van der Waals surface area contributed by atoms with Crippen molar-refractivity contribution < 1.29 is 9.59 Å². The Morgan fingerprint density at radius 3 is 2.62 bits per heavy atom. The van der Waals surface area contributed by atoms with Crippen LogP contribution in [0.15, 0.2) is 47.4 Å². The fraction of sp³-hybridized carbons (Fsp3) is 0.0667. The number of fused-ring (bicyclic) bond motifs is 1. The van der Waals surface area contributed by atoms with Gasteiger partial charge in [-0.25, -0.2) is 0 Å². The number of hydrogen-bond acceptors (Lipinski definition) is 3. The molecule has 1 aliphatic rings. The first kappa shape index (κ1) is 14.4. The molecule has 1 N–H and O–H groups in total. The first-order chi connectivity index (χ1) is 10.1. The van der Waals surface area contributed by atoms with Crippen molar-refractivity contribution >= 4 is 51.7 Å². The van der Waals surface area contributed by atoms with Gasteiger partial charge >= 0.3 is 0 Å². The SMILES string of the molecule is O=C(Nc1ccc(Cl)c(Cl)c1)C1C(=O)Sc2ccccc21. The summed E-state index contributed by atoms with van der Waals surface area (Å²) in [5.74, 6) is -1.16. The van der Waals surface area contributed by atoms with E-state index in [1.54, 1.807) is 24.3 Å². The predicted molar refractivity (Wildman–Crippen MR) is 85.1 cm³/mol. The van der Waals surface area contributed by atoms with Crippen LogP contribution < -0.4 is 5.32 Å². The summed E-state index contributed by atoms with van der Waals surface area (Å²) in [5.41, 5.74) is 1.25. The van der Waals surface area contributed by atoms with E-state index in [0.717, 1.165) is 22.2 Å². The Balaban J connectivity index is 1.85. The van der Waals surface area contributed by atoms with E-state index in [4.69, 9.17) is 23.2 Å². The molecule has 1 atom stereocenters. The zero-order valence-electron chi connectivity index (χ0n) is 10.6. The smallest absolute Gasteiger partial charge is 0.240 e. The molecular weight excluding hydrogens is 329 g/mol. The van der Waals surface area contributed by atoms with E-state index in [2.05, 4.69) is 5.32 Å². The normalized spacial score (nSPS) is 16.7. The van der Waals surface area contributed by atoms with Crippen LogP contribution in [0.1, 0.15) is 11.5 Å². The van der Waals surface area contributed by atoms with Crippen molar-refractivity contribution in [1.29, 1.82) is 0 Å². The first-order valence-electron chi connectivity index (χ1n) is 6.13. The van der Waals surface area contributed by atoms with E-state index in [0.29, 0.717) is 15.7 Å². The summed E-state index contributed by atoms with van der Waals surface area (Å²) in [6, 6.07) is 12.1. The third kappa shape index (κ3) is 2.79. The number of benzene rings is 2. The van der Waals surface area contributed by atoms with Gasteiger partial charge in [-0.3, -0.25) is 9.59 Å². The molecule has 1 amide bonds. The molecule has 2 aromatic rings. The van der Waals surface area contributed by atoms with Crippen LogP contribution in [0.25, 0.3) is 0 Å².